The third-order valence-electron chi connectivity index (χ3n) is 12.0. The molecular weight excluding hydrogens is 867 g/mol. The van der Waals surface area contributed by atoms with E-state index in [1.54, 1.807) is 5.56 Å². The molecule has 6 heteroatoms. The van der Waals surface area contributed by atoms with Crippen molar-refractivity contribution in [2.24, 2.45) is 16.7 Å². The van der Waals surface area contributed by atoms with E-state index >= 15 is 0 Å². The summed E-state index contributed by atoms with van der Waals surface area (Å²) < 4.78 is 2.66. The summed E-state index contributed by atoms with van der Waals surface area (Å²) >= 11 is 3.98. The van der Waals surface area contributed by atoms with Gasteiger partial charge in [0.1, 0.15) is 5.76 Å². The van der Waals surface area contributed by atoms with E-state index in [4.69, 9.17) is 4.98 Å². The third-order valence-corrected chi connectivity index (χ3v) is 14.7. The van der Waals surface area contributed by atoms with Gasteiger partial charge in [-0.3, -0.25) is 9.78 Å². The van der Waals surface area contributed by atoms with Crippen molar-refractivity contribution >= 4 is 59.8 Å². The summed E-state index contributed by atoms with van der Waals surface area (Å²) in [5.41, 5.74) is 4.50. The molecule has 3 nitrogen and oxygen atoms in total. The predicted molar refractivity (Wildman–Crippen MR) is 228 cm³/mol. The van der Waals surface area contributed by atoms with E-state index < -0.39 is 0 Å². The normalized spacial score (nSPS) is 16.5. The number of nitrogens with zero attached hydrogens (tertiary/aromatic N) is 1. The van der Waals surface area contributed by atoms with Crippen molar-refractivity contribution in [1.82, 2.24) is 4.98 Å². The molecule has 0 bridgehead atoms. The largest absolute Gasteiger partial charge is 0.512 e. The van der Waals surface area contributed by atoms with Crippen LogP contribution in [-0.2, 0) is 30.3 Å². The average Bonchev–Trinajstić information content (AvgIpc) is 3.66. The minimum Gasteiger partial charge on any atom is -0.512 e. The number of thiophene rings is 1. The molecule has 0 aliphatic carbocycles. The Kier molecular flexibility index (Phi) is 14.0. The zero-order valence-corrected chi connectivity index (χ0v) is 38.0. The molecule has 287 valence electrons. The molecule has 2 atom stereocenters. The molecule has 1 aliphatic heterocycles. The third kappa shape index (κ3) is 8.67. The Labute approximate surface area is 341 Å². The molecule has 3 heterocycles. The number of carbonyl (C=O) groups is 1. The van der Waals surface area contributed by atoms with Crippen LogP contribution in [0.1, 0.15) is 132 Å². The van der Waals surface area contributed by atoms with E-state index in [1.807, 2.05) is 59.1 Å². The first-order valence-electron chi connectivity index (χ1n) is 19.4. The maximum Gasteiger partial charge on any atom is 0.164 e. The van der Waals surface area contributed by atoms with Gasteiger partial charge in [0, 0.05) is 73.8 Å². The van der Waals surface area contributed by atoms with Crippen LogP contribution in [0.4, 0.5) is 0 Å². The van der Waals surface area contributed by atoms with E-state index in [1.165, 1.54) is 48.5 Å². The van der Waals surface area contributed by atoms with Gasteiger partial charge in [-0.2, -0.15) is 0 Å². The van der Waals surface area contributed by atoms with E-state index in [0.717, 1.165) is 48.2 Å². The fraction of sp³-hybridized carbons (Fsp3) is 0.489. The van der Waals surface area contributed by atoms with E-state index in [2.05, 4.69) is 108 Å². The number of fused-ring (bicyclic) bond motifs is 6. The van der Waals surface area contributed by atoms with Gasteiger partial charge < -0.3 is 5.11 Å². The second kappa shape index (κ2) is 17.1. The zero-order chi connectivity index (χ0) is 38.2. The molecule has 0 spiro atoms. The molecular formula is C47H60IrNO2S2-. The van der Waals surface area contributed by atoms with Crippen molar-refractivity contribution in [3.63, 3.8) is 0 Å². The monoisotopic (exact) mass is 927 g/mol. The fourth-order valence-electron chi connectivity index (χ4n) is 7.38. The fourth-order valence-corrected chi connectivity index (χ4v) is 10.3. The number of carbonyl (C=O) groups excluding carboxylic acids is 1. The second-order valence-corrected chi connectivity index (χ2v) is 19.2. The first-order chi connectivity index (χ1) is 24.5. The van der Waals surface area contributed by atoms with Gasteiger partial charge in [0.2, 0.25) is 0 Å². The number of ketones is 1. The van der Waals surface area contributed by atoms with Crippen LogP contribution in [0.15, 0.2) is 71.5 Å². The molecule has 0 amide bonds. The van der Waals surface area contributed by atoms with Gasteiger partial charge in [0.15, 0.2) is 5.78 Å². The Bertz CT molecular complexity index is 2100. The first kappa shape index (κ1) is 43.2. The maximum absolute atomic E-state index is 12.2. The number of benzene rings is 3. The quantitative estimate of drug-likeness (QED) is 0.0861. The van der Waals surface area contributed by atoms with E-state index in [0.29, 0.717) is 11.2 Å². The van der Waals surface area contributed by atoms with Crippen LogP contribution < -0.4 is 0 Å². The minimum absolute atomic E-state index is 0. The summed E-state index contributed by atoms with van der Waals surface area (Å²) in [6.07, 6.45) is 8.02. The van der Waals surface area contributed by atoms with Crippen LogP contribution in [0.25, 0.3) is 42.2 Å². The van der Waals surface area contributed by atoms with E-state index in [-0.39, 0.29) is 47.9 Å². The van der Waals surface area contributed by atoms with Crippen molar-refractivity contribution in [2.45, 2.75) is 137 Å². The molecule has 2 unspecified atom stereocenters. The average molecular weight is 927 g/mol. The topological polar surface area (TPSA) is 50.2 Å². The van der Waals surface area contributed by atoms with Crippen LogP contribution in [0.2, 0.25) is 0 Å². The van der Waals surface area contributed by atoms with Crippen molar-refractivity contribution in [3.05, 3.63) is 83.8 Å². The number of aliphatic hydroxyl groups excluding tert-OH is 1. The molecule has 1 aliphatic rings. The number of rotatable bonds is 10. The number of aliphatic hydroxyl groups is 1. The Morgan fingerprint density at radius 2 is 1.57 bits per heavy atom. The van der Waals surface area contributed by atoms with E-state index in [9.17, 15) is 9.90 Å². The Morgan fingerprint density at radius 3 is 2.17 bits per heavy atom. The number of allylic oxidation sites excluding steroid dienone is 2. The smallest absolute Gasteiger partial charge is 0.164 e. The first-order valence-corrected chi connectivity index (χ1v) is 21.1. The van der Waals surface area contributed by atoms with Gasteiger partial charge in [-0.25, -0.2) is 0 Å². The molecule has 0 fully saturated rings. The Hall–Kier alpha value is -2.50. The molecule has 2 aromatic heterocycles. The van der Waals surface area contributed by atoms with Crippen LogP contribution in [0, 0.1) is 22.8 Å². The number of hydrogen-bond donors (Lipinski definition) is 1. The minimum atomic E-state index is -0.337. The van der Waals surface area contributed by atoms with Crippen molar-refractivity contribution in [1.29, 1.82) is 0 Å². The molecule has 1 radical (unpaired) electrons. The SMILES string of the molecule is CC(C)CC1Sc2ccc3sc4c(-c5[c-]c6ccccc6c(C(C)(C)C)c5)nccc4c3c2C1C.CCC(C)(CC)C(=O)/C=C(\O)C(C)(CC)CC.[Ir]. The summed E-state index contributed by atoms with van der Waals surface area (Å²) in [5.74, 6) is 1.57. The van der Waals surface area contributed by atoms with Gasteiger partial charge in [0.25, 0.3) is 0 Å². The van der Waals surface area contributed by atoms with Crippen LogP contribution >= 0.6 is 23.1 Å². The number of hydrogen-bond acceptors (Lipinski definition) is 5. The van der Waals surface area contributed by atoms with Gasteiger partial charge in [0.05, 0.1) is 0 Å². The summed E-state index contributed by atoms with van der Waals surface area (Å²) in [6, 6.07) is 21.6. The number of aromatic nitrogens is 1. The summed E-state index contributed by atoms with van der Waals surface area (Å²) in [5, 5.41) is 16.0. The number of thioether (sulfide) groups is 1. The molecule has 3 aromatic carbocycles. The molecule has 5 aromatic rings. The van der Waals surface area contributed by atoms with Gasteiger partial charge in [-0.05, 0) is 78.5 Å². The maximum atomic E-state index is 12.2. The number of pyridine rings is 1. The Morgan fingerprint density at radius 1 is 0.925 bits per heavy atom. The molecule has 0 saturated heterocycles. The molecule has 0 saturated carbocycles. The zero-order valence-electron chi connectivity index (χ0n) is 34.0. The molecule has 53 heavy (non-hydrogen) atoms. The Balaban J connectivity index is 0.000000299. The van der Waals surface area contributed by atoms with Crippen LogP contribution in [0.5, 0.6) is 0 Å². The predicted octanol–water partition coefficient (Wildman–Crippen LogP) is 14.6. The molecule has 6 rings (SSSR count). The summed E-state index contributed by atoms with van der Waals surface area (Å²) in [6.45, 7) is 26.1. The van der Waals surface area contributed by atoms with Crippen molar-refractivity contribution in [3.8, 4) is 11.3 Å². The van der Waals surface area contributed by atoms with Crippen LogP contribution in [-0.4, -0.2) is 21.1 Å². The molecule has 1 N–H and O–H groups in total. The van der Waals surface area contributed by atoms with Crippen molar-refractivity contribution in [2.75, 3.05) is 0 Å². The van der Waals surface area contributed by atoms with Gasteiger partial charge >= 0.3 is 0 Å². The summed E-state index contributed by atoms with van der Waals surface area (Å²) in [4.78, 5) is 18.6. The van der Waals surface area contributed by atoms with Crippen molar-refractivity contribution < 1.29 is 30.0 Å². The standard InChI is InChI=1S/C32H32NS2.C15H28O2.Ir/c1-18(2)15-27-19(3)28-25(34-27)11-12-26-29(28)23-13-14-33-30(31(23)35-26)21-16-20-9-7-8-10-22(20)24(17-21)32(4,5)6;1-7-14(5,8-2)12(16)11-13(17)15(6,9-3)10-4;/h7-14,17-19,27H,15H2,1-6H3;11,16H,7-10H2,1-6H3;/q-1;;/b;12-11-;. The second-order valence-electron chi connectivity index (χ2n) is 16.9. The van der Waals surface area contributed by atoms with Gasteiger partial charge in [-0.15, -0.1) is 52.2 Å². The van der Waals surface area contributed by atoms with Crippen LogP contribution in [0.3, 0.4) is 0 Å². The van der Waals surface area contributed by atoms with Gasteiger partial charge in [-0.1, -0.05) is 112 Å². The summed E-state index contributed by atoms with van der Waals surface area (Å²) in [7, 11) is 0.